The zero-order valence-corrected chi connectivity index (χ0v) is 14.0. The first-order valence-corrected chi connectivity index (χ1v) is 7.68. The molecule has 1 aromatic heterocycles. The van der Waals surface area contributed by atoms with Crippen LogP contribution in [0.4, 0.5) is 0 Å². The monoisotopic (exact) mass is 296 g/mol. The van der Waals surface area contributed by atoms with Crippen LogP contribution < -0.4 is 5.32 Å². The first kappa shape index (κ1) is 17.6. The van der Waals surface area contributed by atoms with Crippen molar-refractivity contribution in [1.29, 1.82) is 0 Å². The summed E-state index contributed by atoms with van der Waals surface area (Å²) >= 11 is 0. The van der Waals surface area contributed by atoms with Crippen LogP contribution in [0.25, 0.3) is 0 Å². The van der Waals surface area contributed by atoms with Crippen LogP contribution in [0.2, 0.25) is 0 Å². The minimum Gasteiger partial charge on any atom is -0.480 e. The summed E-state index contributed by atoms with van der Waals surface area (Å²) < 4.78 is 1.88. The highest BCUT2D eigenvalue weighted by atomic mass is 16.4. The first-order chi connectivity index (χ1) is 9.73. The normalized spacial score (nSPS) is 16.0. The van der Waals surface area contributed by atoms with Crippen molar-refractivity contribution < 1.29 is 9.90 Å². The van der Waals surface area contributed by atoms with E-state index >= 15 is 0 Å². The van der Waals surface area contributed by atoms with E-state index < -0.39 is 11.5 Å². The van der Waals surface area contributed by atoms with Crippen LogP contribution >= 0.6 is 0 Å². The molecular formula is C15H28N4O2. The fourth-order valence-corrected chi connectivity index (χ4v) is 2.67. The first-order valence-electron chi connectivity index (χ1n) is 7.68. The van der Waals surface area contributed by atoms with Crippen LogP contribution in [-0.2, 0) is 17.6 Å². The van der Waals surface area contributed by atoms with Gasteiger partial charge in [0.1, 0.15) is 11.4 Å². The number of nitrogens with zero attached hydrogens (tertiary/aromatic N) is 3. The average Bonchev–Trinajstić information content (AvgIpc) is 2.80. The SMILES string of the molecule is CCc1nc(CC)n(C(C)CC(C)(NC(C)C)C(=O)O)n1. The molecule has 0 spiro atoms. The van der Waals surface area contributed by atoms with Gasteiger partial charge in [-0.15, -0.1) is 0 Å². The molecule has 1 heterocycles. The predicted octanol–water partition coefficient (Wildman–Crippen LogP) is 2.20. The Kier molecular flexibility index (Phi) is 5.89. The van der Waals surface area contributed by atoms with Gasteiger partial charge in [-0.25, -0.2) is 9.67 Å². The topological polar surface area (TPSA) is 80.0 Å². The summed E-state index contributed by atoms with van der Waals surface area (Å²) in [7, 11) is 0. The maximum absolute atomic E-state index is 11.6. The number of hydrogen-bond acceptors (Lipinski definition) is 4. The molecule has 0 aliphatic heterocycles. The molecule has 1 rings (SSSR count). The van der Waals surface area contributed by atoms with Gasteiger partial charge in [-0.3, -0.25) is 10.1 Å². The number of aromatic nitrogens is 3. The molecule has 0 saturated carbocycles. The molecule has 6 heteroatoms. The summed E-state index contributed by atoms with van der Waals surface area (Å²) in [6.45, 7) is 11.7. The Morgan fingerprint density at radius 2 is 1.95 bits per heavy atom. The van der Waals surface area contributed by atoms with Gasteiger partial charge in [-0.1, -0.05) is 13.8 Å². The summed E-state index contributed by atoms with van der Waals surface area (Å²) in [5.41, 5.74) is -0.975. The average molecular weight is 296 g/mol. The van der Waals surface area contributed by atoms with Crippen molar-refractivity contribution in [2.24, 2.45) is 0 Å². The van der Waals surface area contributed by atoms with E-state index in [1.54, 1.807) is 6.92 Å². The number of rotatable bonds is 8. The van der Waals surface area contributed by atoms with Gasteiger partial charge < -0.3 is 5.11 Å². The number of nitrogens with one attached hydrogen (secondary N) is 1. The van der Waals surface area contributed by atoms with E-state index in [-0.39, 0.29) is 12.1 Å². The summed E-state index contributed by atoms with van der Waals surface area (Å²) in [4.78, 5) is 16.1. The van der Waals surface area contributed by atoms with Gasteiger partial charge in [-0.05, 0) is 34.1 Å². The molecule has 120 valence electrons. The van der Waals surface area contributed by atoms with Gasteiger partial charge in [0.25, 0.3) is 0 Å². The quantitative estimate of drug-likeness (QED) is 0.768. The maximum atomic E-state index is 11.6. The van der Waals surface area contributed by atoms with Crippen molar-refractivity contribution in [3.8, 4) is 0 Å². The zero-order chi connectivity index (χ0) is 16.2. The predicted molar refractivity (Wildman–Crippen MR) is 82.4 cm³/mol. The van der Waals surface area contributed by atoms with E-state index in [4.69, 9.17) is 0 Å². The molecule has 0 saturated heterocycles. The lowest BCUT2D eigenvalue weighted by Gasteiger charge is -2.31. The van der Waals surface area contributed by atoms with Gasteiger partial charge in [0.05, 0.1) is 6.04 Å². The third kappa shape index (κ3) is 4.27. The van der Waals surface area contributed by atoms with Crippen LogP contribution in [-0.4, -0.2) is 37.4 Å². The van der Waals surface area contributed by atoms with Crippen LogP contribution in [0.3, 0.4) is 0 Å². The van der Waals surface area contributed by atoms with Gasteiger partial charge in [-0.2, -0.15) is 5.10 Å². The number of carboxylic acids is 1. The lowest BCUT2D eigenvalue weighted by Crippen LogP contribution is -2.53. The number of aryl methyl sites for hydroxylation is 2. The Bertz CT molecular complexity index is 484. The zero-order valence-electron chi connectivity index (χ0n) is 14.0. The molecule has 0 radical (unpaired) electrons. The number of hydrogen-bond donors (Lipinski definition) is 2. The second-order valence-corrected chi connectivity index (χ2v) is 6.09. The molecule has 0 fully saturated rings. The molecule has 0 aliphatic carbocycles. The highest BCUT2D eigenvalue weighted by Crippen LogP contribution is 2.23. The molecule has 0 aliphatic rings. The third-order valence-corrected chi connectivity index (χ3v) is 3.58. The molecule has 2 unspecified atom stereocenters. The molecule has 0 bridgehead atoms. The number of carboxylic acid groups (broad SMARTS) is 1. The summed E-state index contributed by atoms with van der Waals surface area (Å²) in [6, 6.07) is 0.0750. The van der Waals surface area contributed by atoms with Gasteiger partial charge in [0, 0.05) is 18.9 Å². The van der Waals surface area contributed by atoms with Crippen LogP contribution in [0.15, 0.2) is 0 Å². The maximum Gasteiger partial charge on any atom is 0.323 e. The summed E-state index contributed by atoms with van der Waals surface area (Å²) in [5, 5.41) is 17.2. The van der Waals surface area contributed by atoms with Gasteiger partial charge >= 0.3 is 5.97 Å². The molecule has 2 N–H and O–H groups in total. The fraction of sp³-hybridized carbons (Fsp3) is 0.800. The number of carbonyl (C=O) groups is 1. The molecule has 6 nitrogen and oxygen atoms in total. The summed E-state index contributed by atoms with van der Waals surface area (Å²) in [5.74, 6) is 0.890. The second kappa shape index (κ2) is 7.02. The Hall–Kier alpha value is -1.43. The molecule has 0 aromatic carbocycles. The van der Waals surface area contributed by atoms with E-state index in [9.17, 15) is 9.90 Å². The second-order valence-electron chi connectivity index (χ2n) is 6.09. The highest BCUT2D eigenvalue weighted by Gasteiger charge is 2.36. The summed E-state index contributed by atoms with van der Waals surface area (Å²) in [6.07, 6.45) is 2.03. The van der Waals surface area contributed by atoms with E-state index in [1.807, 2.05) is 39.3 Å². The Morgan fingerprint density at radius 1 is 1.33 bits per heavy atom. The fourth-order valence-electron chi connectivity index (χ4n) is 2.67. The molecule has 21 heavy (non-hydrogen) atoms. The van der Waals surface area contributed by atoms with E-state index in [1.165, 1.54) is 0 Å². The number of aliphatic carboxylic acids is 1. The van der Waals surface area contributed by atoms with Crippen LogP contribution in [0, 0.1) is 0 Å². The van der Waals surface area contributed by atoms with Crippen molar-refractivity contribution in [2.75, 3.05) is 0 Å². The van der Waals surface area contributed by atoms with Crippen molar-refractivity contribution in [2.45, 2.75) is 78.4 Å². The van der Waals surface area contributed by atoms with Gasteiger partial charge in [0.15, 0.2) is 5.82 Å². The van der Waals surface area contributed by atoms with Crippen LogP contribution in [0.1, 0.15) is 65.7 Å². The molecule has 2 atom stereocenters. The van der Waals surface area contributed by atoms with Crippen molar-refractivity contribution in [1.82, 2.24) is 20.1 Å². The van der Waals surface area contributed by atoms with E-state index in [0.29, 0.717) is 6.42 Å². The minimum atomic E-state index is -0.975. The van der Waals surface area contributed by atoms with Crippen molar-refractivity contribution in [3.05, 3.63) is 11.6 Å². The Labute approximate surface area is 127 Å². The van der Waals surface area contributed by atoms with Gasteiger partial charge in [0.2, 0.25) is 0 Å². The lowest BCUT2D eigenvalue weighted by atomic mass is 9.92. The van der Waals surface area contributed by atoms with E-state index in [0.717, 1.165) is 24.5 Å². The lowest BCUT2D eigenvalue weighted by molar-refractivity contribution is -0.145. The highest BCUT2D eigenvalue weighted by molar-refractivity contribution is 5.78. The van der Waals surface area contributed by atoms with Crippen molar-refractivity contribution >= 4 is 5.97 Å². The Balaban J connectivity index is 2.99. The Morgan fingerprint density at radius 3 is 2.38 bits per heavy atom. The smallest absolute Gasteiger partial charge is 0.323 e. The molecule has 1 aromatic rings. The molecular weight excluding hydrogens is 268 g/mol. The minimum absolute atomic E-state index is 0.0277. The van der Waals surface area contributed by atoms with Crippen molar-refractivity contribution in [3.63, 3.8) is 0 Å². The van der Waals surface area contributed by atoms with E-state index in [2.05, 4.69) is 15.4 Å². The largest absolute Gasteiger partial charge is 0.480 e. The third-order valence-electron chi connectivity index (χ3n) is 3.58. The van der Waals surface area contributed by atoms with Crippen LogP contribution in [0.5, 0.6) is 0 Å². The standard InChI is InChI=1S/C15H28N4O2/c1-7-12-16-13(8-2)19(18-12)11(5)9-15(6,14(20)21)17-10(3)4/h10-11,17H,7-9H2,1-6H3,(H,20,21). The molecule has 0 amide bonds.